The molecule has 0 saturated carbocycles. The maximum Gasteiger partial charge on any atom is 0.252 e. The molecule has 0 aliphatic rings. The number of fused-ring (bicyclic) bond motifs is 1. The van der Waals surface area contributed by atoms with Crippen molar-refractivity contribution < 1.29 is 0 Å². The first kappa shape index (κ1) is 22.9. The summed E-state index contributed by atoms with van der Waals surface area (Å²) in [6.07, 6.45) is 0. The van der Waals surface area contributed by atoms with Crippen LogP contribution in [0, 0.1) is 20.8 Å². The zero-order chi connectivity index (χ0) is 23.8. The Morgan fingerprint density at radius 3 is 2.36 bits per heavy atom. The summed E-state index contributed by atoms with van der Waals surface area (Å²) in [5.74, 6) is 0.776. The largest absolute Gasteiger partial charge is 0.321 e. The van der Waals surface area contributed by atoms with E-state index in [1.807, 2.05) is 17.7 Å². The fourth-order valence-electron chi connectivity index (χ4n) is 4.24. The predicted octanol–water partition coefficient (Wildman–Crippen LogP) is 4.40. The Balaban J connectivity index is 1.70. The Kier molecular flexibility index (Phi) is 6.17. The minimum Gasteiger partial charge on any atom is -0.321 e. The van der Waals surface area contributed by atoms with Crippen molar-refractivity contribution in [2.24, 2.45) is 0 Å². The zero-order valence-electron chi connectivity index (χ0n) is 20.3. The number of hydrogen-bond donors (Lipinski definition) is 1. The molecule has 0 fully saturated rings. The number of H-pyrrole nitrogens is 1. The van der Waals surface area contributed by atoms with Crippen molar-refractivity contribution in [1.82, 2.24) is 30.1 Å². The van der Waals surface area contributed by atoms with Crippen molar-refractivity contribution in [3.63, 3.8) is 0 Å². The molecule has 33 heavy (non-hydrogen) atoms. The molecule has 2 aromatic heterocycles. The van der Waals surface area contributed by atoms with Gasteiger partial charge in [-0.25, -0.2) is 4.68 Å². The average molecular weight is 445 g/mol. The SMILES string of the molecule is Cc1ccc(CN(Cc2cc3cc(C)cc(C)c3[nH]c2=O)Cc2nnnn2C(C)(C)C)cc1. The second kappa shape index (κ2) is 8.90. The standard InChI is InChI=1S/C26H32N6O/c1-17-7-9-20(10-8-17)14-31(16-23-28-29-30-32(23)26(4,5)6)15-22-13-21-12-18(2)11-19(3)24(21)27-25(22)33/h7-13H,14-16H2,1-6H3,(H,27,33). The van der Waals surface area contributed by atoms with E-state index in [9.17, 15) is 4.79 Å². The zero-order valence-corrected chi connectivity index (χ0v) is 20.3. The van der Waals surface area contributed by atoms with Gasteiger partial charge in [0.1, 0.15) is 0 Å². The van der Waals surface area contributed by atoms with Gasteiger partial charge in [-0.2, -0.15) is 0 Å². The predicted molar refractivity (Wildman–Crippen MR) is 131 cm³/mol. The normalized spacial score (nSPS) is 12.1. The van der Waals surface area contributed by atoms with E-state index >= 15 is 0 Å². The smallest absolute Gasteiger partial charge is 0.252 e. The van der Waals surface area contributed by atoms with E-state index in [4.69, 9.17) is 0 Å². The summed E-state index contributed by atoms with van der Waals surface area (Å²) in [7, 11) is 0. The van der Waals surface area contributed by atoms with Crippen molar-refractivity contribution in [2.75, 3.05) is 0 Å². The number of aromatic nitrogens is 5. The summed E-state index contributed by atoms with van der Waals surface area (Å²) >= 11 is 0. The van der Waals surface area contributed by atoms with Crippen molar-refractivity contribution in [1.29, 1.82) is 0 Å². The summed E-state index contributed by atoms with van der Waals surface area (Å²) in [6, 6.07) is 14.7. The second-order valence-electron chi connectivity index (χ2n) is 9.98. The monoisotopic (exact) mass is 444 g/mol. The molecule has 0 unspecified atom stereocenters. The van der Waals surface area contributed by atoms with Gasteiger partial charge in [0.2, 0.25) is 0 Å². The Labute approximate surface area is 194 Å². The Morgan fingerprint density at radius 1 is 0.939 bits per heavy atom. The molecule has 0 saturated heterocycles. The Morgan fingerprint density at radius 2 is 1.67 bits per heavy atom. The second-order valence-corrected chi connectivity index (χ2v) is 9.98. The van der Waals surface area contributed by atoms with Gasteiger partial charge in [0.25, 0.3) is 5.56 Å². The van der Waals surface area contributed by atoms with E-state index in [0.29, 0.717) is 19.6 Å². The number of nitrogens with zero attached hydrogens (tertiary/aromatic N) is 5. The first-order valence-corrected chi connectivity index (χ1v) is 11.3. The van der Waals surface area contributed by atoms with Gasteiger partial charge < -0.3 is 4.98 Å². The third-order valence-electron chi connectivity index (χ3n) is 5.83. The van der Waals surface area contributed by atoms with Crippen LogP contribution in [0.4, 0.5) is 0 Å². The Hall–Kier alpha value is -3.32. The number of rotatable bonds is 6. The van der Waals surface area contributed by atoms with E-state index in [1.165, 1.54) is 16.7 Å². The van der Waals surface area contributed by atoms with E-state index in [1.54, 1.807) is 0 Å². The highest BCUT2D eigenvalue weighted by atomic mass is 16.1. The van der Waals surface area contributed by atoms with Crippen LogP contribution in [0.1, 0.15) is 54.4 Å². The molecule has 0 aliphatic carbocycles. The van der Waals surface area contributed by atoms with Crippen LogP contribution in [-0.4, -0.2) is 30.1 Å². The molecule has 4 rings (SSSR count). The summed E-state index contributed by atoms with van der Waals surface area (Å²) in [5.41, 5.74) is 6.00. The minimum atomic E-state index is -0.232. The topological polar surface area (TPSA) is 79.7 Å². The number of benzene rings is 2. The number of nitrogens with one attached hydrogen (secondary N) is 1. The fourth-order valence-corrected chi connectivity index (χ4v) is 4.24. The molecule has 0 bridgehead atoms. The van der Waals surface area contributed by atoms with Gasteiger partial charge in [0.15, 0.2) is 5.82 Å². The van der Waals surface area contributed by atoms with Crippen LogP contribution in [0.5, 0.6) is 0 Å². The molecule has 7 heteroatoms. The van der Waals surface area contributed by atoms with Gasteiger partial charge >= 0.3 is 0 Å². The lowest BCUT2D eigenvalue weighted by molar-refractivity contribution is 0.223. The highest BCUT2D eigenvalue weighted by Crippen LogP contribution is 2.21. The molecule has 1 N–H and O–H groups in total. The Bertz CT molecular complexity index is 1330. The van der Waals surface area contributed by atoms with E-state index in [-0.39, 0.29) is 11.1 Å². The van der Waals surface area contributed by atoms with E-state index < -0.39 is 0 Å². The molecule has 0 atom stereocenters. The number of tetrazole rings is 1. The highest BCUT2D eigenvalue weighted by Gasteiger charge is 2.22. The average Bonchev–Trinajstić information content (AvgIpc) is 3.19. The quantitative estimate of drug-likeness (QED) is 0.477. The van der Waals surface area contributed by atoms with Crippen LogP contribution in [0.15, 0.2) is 47.3 Å². The van der Waals surface area contributed by atoms with Crippen molar-refractivity contribution in [2.45, 2.75) is 66.7 Å². The van der Waals surface area contributed by atoms with Crippen LogP contribution in [0.3, 0.4) is 0 Å². The summed E-state index contributed by atoms with van der Waals surface area (Å²) in [5, 5.41) is 13.5. The van der Waals surface area contributed by atoms with E-state index in [0.717, 1.165) is 27.9 Å². The lowest BCUT2D eigenvalue weighted by atomic mass is 10.0. The third kappa shape index (κ3) is 5.20. The van der Waals surface area contributed by atoms with Crippen LogP contribution in [-0.2, 0) is 25.2 Å². The number of aromatic amines is 1. The van der Waals surface area contributed by atoms with Gasteiger partial charge in [-0.3, -0.25) is 9.69 Å². The summed E-state index contributed by atoms with van der Waals surface area (Å²) in [6.45, 7) is 14.1. The van der Waals surface area contributed by atoms with Crippen LogP contribution in [0.25, 0.3) is 10.9 Å². The van der Waals surface area contributed by atoms with Crippen LogP contribution in [0.2, 0.25) is 0 Å². The lowest BCUT2D eigenvalue weighted by Gasteiger charge is -2.25. The lowest BCUT2D eigenvalue weighted by Crippen LogP contribution is -2.31. The number of pyridine rings is 1. The minimum absolute atomic E-state index is 0.0567. The first-order valence-electron chi connectivity index (χ1n) is 11.3. The van der Waals surface area contributed by atoms with E-state index in [2.05, 4.69) is 96.4 Å². The van der Waals surface area contributed by atoms with Gasteiger partial charge in [-0.05, 0) is 80.6 Å². The molecule has 0 radical (unpaired) electrons. The van der Waals surface area contributed by atoms with Crippen molar-refractivity contribution in [3.05, 3.63) is 86.5 Å². The maximum absolute atomic E-state index is 13.0. The van der Waals surface area contributed by atoms with Crippen molar-refractivity contribution in [3.8, 4) is 0 Å². The molecule has 7 nitrogen and oxygen atoms in total. The van der Waals surface area contributed by atoms with Gasteiger partial charge in [-0.15, -0.1) is 5.10 Å². The number of hydrogen-bond acceptors (Lipinski definition) is 5. The first-order chi connectivity index (χ1) is 15.6. The molecule has 2 aromatic carbocycles. The van der Waals surface area contributed by atoms with Crippen LogP contribution < -0.4 is 5.56 Å². The highest BCUT2D eigenvalue weighted by molar-refractivity contribution is 5.82. The maximum atomic E-state index is 13.0. The molecule has 4 aromatic rings. The number of aryl methyl sites for hydroxylation is 3. The molecular weight excluding hydrogens is 412 g/mol. The summed E-state index contributed by atoms with van der Waals surface area (Å²) in [4.78, 5) is 18.3. The van der Waals surface area contributed by atoms with Gasteiger partial charge in [-0.1, -0.05) is 41.5 Å². The third-order valence-corrected chi connectivity index (χ3v) is 5.83. The molecule has 0 spiro atoms. The van der Waals surface area contributed by atoms with Gasteiger partial charge in [0, 0.05) is 18.7 Å². The van der Waals surface area contributed by atoms with Crippen molar-refractivity contribution >= 4 is 10.9 Å². The molecular formula is C26H32N6O. The molecule has 0 aliphatic heterocycles. The summed E-state index contributed by atoms with van der Waals surface area (Å²) < 4.78 is 1.85. The molecule has 2 heterocycles. The fraction of sp³-hybridized carbons (Fsp3) is 0.385. The molecule has 0 amide bonds. The van der Waals surface area contributed by atoms with Gasteiger partial charge in [0.05, 0.1) is 17.6 Å². The van der Waals surface area contributed by atoms with Crippen LogP contribution >= 0.6 is 0 Å². The molecule has 172 valence electrons.